The van der Waals surface area contributed by atoms with Crippen LogP contribution in [-0.2, 0) is 0 Å². The molecule has 1 unspecified atom stereocenters. The minimum absolute atomic E-state index is 0.00800. The topological polar surface area (TPSA) is 93.2 Å². The third kappa shape index (κ3) is 2.97. The van der Waals surface area contributed by atoms with Crippen LogP contribution in [0.15, 0.2) is 22.6 Å². The van der Waals surface area contributed by atoms with E-state index >= 15 is 0 Å². The first-order chi connectivity index (χ1) is 10.1. The van der Waals surface area contributed by atoms with Crippen molar-refractivity contribution in [3.8, 4) is 0 Å². The van der Waals surface area contributed by atoms with Crippen molar-refractivity contribution in [2.24, 2.45) is 5.41 Å². The van der Waals surface area contributed by atoms with Gasteiger partial charge in [-0.3, -0.25) is 10.1 Å². The highest BCUT2D eigenvalue weighted by Crippen LogP contribution is 2.27. The van der Waals surface area contributed by atoms with Crippen LogP contribution >= 0.6 is 0 Å². The zero-order chi connectivity index (χ0) is 14.9. The van der Waals surface area contributed by atoms with Gasteiger partial charge in [0, 0.05) is 19.2 Å². The molecule has 1 aromatic heterocycles. The van der Waals surface area contributed by atoms with E-state index in [0.29, 0.717) is 17.1 Å². The number of nitro groups is 1. The number of rotatable bonds is 4. The number of piperidine rings is 1. The largest absolute Gasteiger partial charge is 0.423 e. The highest BCUT2D eigenvalue weighted by atomic mass is 16.6. The number of nitro benzene ring substituents is 1. The molecule has 1 aromatic carbocycles. The molecule has 0 radical (unpaired) electrons. The summed E-state index contributed by atoms with van der Waals surface area (Å²) in [5, 5.41) is 17.3. The van der Waals surface area contributed by atoms with Crippen molar-refractivity contribution in [1.29, 1.82) is 0 Å². The first-order valence-electron chi connectivity index (χ1n) is 7.05. The Morgan fingerprint density at radius 1 is 1.57 bits per heavy atom. The Kier molecular flexibility index (Phi) is 3.50. The zero-order valence-electron chi connectivity index (χ0n) is 11.9. The maximum absolute atomic E-state index is 10.7. The Balaban J connectivity index is 1.73. The Morgan fingerprint density at radius 2 is 2.43 bits per heavy atom. The van der Waals surface area contributed by atoms with Gasteiger partial charge in [0.2, 0.25) is 0 Å². The molecule has 2 N–H and O–H groups in total. The van der Waals surface area contributed by atoms with Gasteiger partial charge in [0.1, 0.15) is 5.52 Å². The number of hydrogen-bond donors (Lipinski definition) is 2. The first-order valence-corrected chi connectivity index (χ1v) is 7.05. The molecular weight excluding hydrogens is 272 g/mol. The minimum atomic E-state index is -0.441. The fourth-order valence-electron chi connectivity index (χ4n) is 2.66. The molecule has 1 aliphatic rings. The fourth-order valence-corrected chi connectivity index (χ4v) is 2.66. The molecule has 0 amide bonds. The molecule has 1 fully saturated rings. The standard InChI is InChI=1S/C14H18N4O3/c1-14(5-2-6-15-8-14)9-16-13-17-11-4-3-10(18(19)20)7-12(11)21-13/h3-4,7,15H,2,5-6,8-9H2,1H3,(H,16,17). The van der Waals surface area contributed by atoms with Crippen molar-refractivity contribution in [2.45, 2.75) is 19.8 Å². The molecule has 3 rings (SSSR count). The lowest BCUT2D eigenvalue weighted by Crippen LogP contribution is -2.42. The molecule has 0 saturated carbocycles. The van der Waals surface area contributed by atoms with Crippen LogP contribution in [0.2, 0.25) is 0 Å². The number of aromatic nitrogens is 1. The summed E-state index contributed by atoms with van der Waals surface area (Å²) < 4.78 is 5.55. The van der Waals surface area contributed by atoms with E-state index in [9.17, 15) is 10.1 Å². The Hall–Kier alpha value is -2.15. The van der Waals surface area contributed by atoms with Crippen molar-refractivity contribution in [2.75, 3.05) is 25.0 Å². The molecule has 2 aromatic rings. The minimum Gasteiger partial charge on any atom is -0.423 e. The average Bonchev–Trinajstić information content (AvgIpc) is 2.88. The molecular formula is C14H18N4O3. The summed E-state index contributed by atoms with van der Waals surface area (Å²) in [6.45, 7) is 5.02. The molecule has 1 aliphatic heterocycles. The van der Waals surface area contributed by atoms with Crippen LogP contribution in [0.3, 0.4) is 0 Å². The van der Waals surface area contributed by atoms with Gasteiger partial charge in [-0.2, -0.15) is 4.98 Å². The van der Waals surface area contributed by atoms with Crippen LogP contribution in [0.5, 0.6) is 0 Å². The van der Waals surface area contributed by atoms with Crippen molar-refractivity contribution in [1.82, 2.24) is 10.3 Å². The van der Waals surface area contributed by atoms with E-state index < -0.39 is 4.92 Å². The molecule has 7 heteroatoms. The predicted molar refractivity (Wildman–Crippen MR) is 79.4 cm³/mol. The number of hydrogen-bond acceptors (Lipinski definition) is 6. The fraction of sp³-hybridized carbons (Fsp3) is 0.500. The monoisotopic (exact) mass is 290 g/mol. The molecule has 21 heavy (non-hydrogen) atoms. The highest BCUT2D eigenvalue weighted by molar-refractivity contribution is 5.77. The van der Waals surface area contributed by atoms with E-state index in [1.807, 2.05) is 0 Å². The summed E-state index contributed by atoms with van der Waals surface area (Å²) in [6, 6.07) is 4.85. The number of oxazole rings is 1. The lowest BCUT2D eigenvalue weighted by atomic mass is 9.83. The zero-order valence-corrected chi connectivity index (χ0v) is 11.9. The maximum Gasteiger partial charge on any atom is 0.295 e. The summed E-state index contributed by atoms with van der Waals surface area (Å²) in [6.07, 6.45) is 2.32. The smallest absolute Gasteiger partial charge is 0.295 e. The summed E-state index contributed by atoms with van der Waals surface area (Å²) in [7, 11) is 0. The summed E-state index contributed by atoms with van der Waals surface area (Å²) in [5.41, 5.74) is 1.23. The van der Waals surface area contributed by atoms with Crippen molar-refractivity contribution in [3.63, 3.8) is 0 Å². The normalized spacial score (nSPS) is 22.3. The van der Waals surface area contributed by atoms with Crippen LogP contribution < -0.4 is 10.6 Å². The molecule has 1 atom stereocenters. The van der Waals surface area contributed by atoms with Gasteiger partial charge in [-0.15, -0.1) is 0 Å². The van der Waals surface area contributed by atoms with E-state index in [2.05, 4.69) is 22.5 Å². The van der Waals surface area contributed by atoms with Crippen LogP contribution in [0.1, 0.15) is 19.8 Å². The first kappa shape index (κ1) is 13.8. The maximum atomic E-state index is 10.7. The summed E-state index contributed by atoms with van der Waals surface area (Å²) in [5.74, 6) is 0. The molecule has 1 saturated heterocycles. The van der Waals surface area contributed by atoms with E-state index in [1.165, 1.54) is 12.1 Å². The second kappa shape index (κ2) is 5.33. The van der Waals surface area contributed by atoms with Crippen LogP contribution in [0.25, 0.3) is 11.1 Å². The van der Waals surface area contributed by atoms with Crippen molar-refractivity contribution >= 4 is 22.8 Å². The number of fused-ring (bicyclic) bond motifs is 1. The van der Waals surface area contributed by atoms with E-state index in [4.69, 9.17) is 4.42 Å². The second-order valence-electron chi connectivity index (χ2n) is 5.87. The van der Waals surface area contributed by atoms with Crippen LogP contribution in [-0.4, -0.2) is 29.5 Å². The molecule has 0 aliphatic carbocycles. The van der Waals surface area contributed by atoms with Gasteiger partial charge < -0.3 is 15.1 Å². The van der Waals surface area contributed by atoms with Gasteiger partial charge in [0.05, 0.1) is 11.0 Å². The van der Waals surface area contributed by atoms with Gasteiger partial charge in [-0.25, -0.2) is 0 Å². The van der Waals surface area contributed by atoms with Gasteiger partial charge in [0.25, 0.3) is 11.7 Å². The SMILES string of the molecule is CC1(CNc2nc3ccc([N+](=O)[O-])cc3o2)CCCNC1. The van der Waals surface area contributed by atoms with Crippen molar-refractivity contribution in [3.05, 3.63) is 28.3 Å². The van der Waals surface area contributed by atoms with E-state index in [1.54, 1.807) is 6.07 Å². The van der Waals surface area contributed by atoms with Crippen LogP contribution in [0, 0.1) is 15.5 Å². The highest BCUT2D eigenvalue weighted by Gasteiger charge is 2.27. The van der Waals surface area contributed by atoms with E-state index in [-0.39, 0.29) is 11.1 Å². The Morgan fingerprint density at radius 3 is 3.14 bits per heavy atom. The van der Waals surface area contributed by atoms with Gasteiger partial charge in [0.15, 0.2) is 5.58 Å². The predicted octanol–water partition coefficient (Wildman–Crippen LogP) is 2.54. The lowest BCUT2D eigenvalue weighted by molar-refractivity contribution is -0.384. The van der Waals surface area contributed by atoms with Crippen molar-refractivity contribution < 1.29 is 9.34 Å². The average molecular weight is 290 g/mol. The molecule has 112 valence electrons. The van der Waals surface area contributed by atoms with Gasteiger partial charge >= 0.3 is 0 Å². The summed E-state index contributed by atoms with van der Waals surface area (Å²) in [4.78, 5) is 14.6. The quantitative estimate of drug-likeness (QED) is 0.664. The van der Waals surface area contributed by atoms with Gasteiger partial charge in [-0.05, 0) is 30.9 Å². The van der Waals surface area contributed by atoms with Crippen LogP contribution in [0.4, 0.5) is 11.7 Å². The third-order valence-corrected chi connectivity index (χ3v) is 3.93. The molecule has 0 spiro atoms. The number of non-ortho nitro benzene ring substituents is 1. The molecule has 7 nitrogen and oxygen atoms in total. The van der Waals surface area contributed by atoms with Gasteiger partial charge in [-0.1, -0.05) is 6.92 Å². The number of benzene rings is 1. The second-order valence-corrected chi connectivity index (χ2v) is 5.87. The van der Waals surface area contributed by atoms with E-state index in [0.717, 1.165) is 32.5 Å². The number of nitrogens with one attached hydrogen (secondary N) is 2. The lowest BCUT2D eigenvalue weighted by Gasteiger charge is -2.33. The number of anilines is 1. The Bertz CT molecular complexity index is 661. The molecule has 2 heterocycles. The summed E-state index contributed by atoms with van der Waals surface area (Å²) >= 11 is 0. The third-order valence-electron chi connectivity index (χ3n) is 3.93. The number of nitrogens with zero attached hydrogens (tertiary/aromatic N) is 2. The Labute approximate surface area is 121 Å². The molecule has 0 bridgehead atoms.